The molecule has 1 N–H and O–H groups in total. The third kappa shape index (κ3) is 4.59. The molecule has 1 aromatic carbocycles. The SMILES string of the molecule is Cc1c(C#N)c(NC(=O)CSc2nnc(C3CC3)n2Cc2ccco2)n(-c2ccc(F)cc2)c1C. The van der Waals surface area contributed by atoms with E-state index in [4.69, 9.17) is 4.42 Å². The minimum atomic E-state index is -0.359. The molecule has 3 aromatic heterocycles. The number of nitrogens with one attached hydrogen (secondary N) is 1. The van der Waals surface area contributed by atoms with Gasteiger partial charge in [0, 0.05) is 17.3 Å². The number of hydrogen-bond donors (Lipinski definition) is 1. The second-order valence-electron chi connectivity index (χ2n) is 8.48. The fourth-order valence-electron chi connectivity index (χ4n) is 4.03. The molecule has 0 spiro atoms. The summed E-state index contributed by atoms with van der Waals surface area (Å²) in [5.74, 6) is 1.90. The van der Waals surface area contributed by atoms with E-state index in [2.05, 4.69) is 21.6 Å². The van der Waals surface area contributed by atoms with E-state index in [0.717, 1.165) is 35.7 Å². The summed E-state index contributed by atoms with van der Waals surface area (Å²) >= 11 is 1.28. The smallest absolute Gasteiger partial charge is 0.236 e. The van der Waals surface area contributed by atoms with Crippen LogP contribution in [-0.2, 0) is 11.3 Å². The molecule has 0 bridgehead atoms. The summed E-state index contributed by atoms with van der Waals surface area (Å²) in [5.41, 5.74) is 2.58. The Morgan fingerprint density at radius 1 is 1.26 bits per heavy atom. The van der Waals surface area contributed by atoms with Gasteiger partial charge < -0.3 is 9.73 Å². The van der Waals surface area contributed by atoms with E-state index >= 15 is 0 Å². The van der Waals surface area contributed by atoms with E-state index in [9.17, 15) is 14.4 Å². The van der Waals surface area contributed by atoms with Crippen LogP contribution < -0.4 is 5.32 Å². The predicted molar refractivity (Wildman–Crippen MR) is 129 cm³/mol. The molecule has 8 nitrogen and oxygen atoms in total. The first-order valence-corrected chi connectivity index (χ1v) is 12.2. The van der Waals surface area contributed by atoms with Crippen molar-refractivity contribution < 1.29 is 13.6 Å². The van der Waals surface area contributed by atoms with E-state index < -0.39 is 0 Å². The number of hydrogen-bond acceptors (Lipinski definition) is 6. The van der Waals surface area contributed by atoms with Crippen molar-refractivity contribution >= 4 is 23.5 Å². The zero-order valence-corrected chi connectivity index (χ0v) is 20.1. The Kier molecular flexibility index (Phi) is 6.17. The van der Waals surface area contributed by atoms with E-state index in [-0.39, 0.29) is 17.5 Å². The highest BCUT2D eigenvalue weighted by Gasteiger charge is 2.31. The quantitative estimate of drug-likeness (QED) is 0.351. The highest BCUT2D eigenvalue weighted by atomic mass is 32.2. The number of furan rings is 1. The molecule has 10 heteroatoms. The van der Waals surface area contributed by atoms with Gasteiger partial charge in [0.15, 0.2) is 5.16 Å². The lowest BCUT2D eigenvalue weighted by atomic mass is 10.2. The minimum absolute atomic E-state index is 0.0819. The van der Waals surface area contributed by atoms with Crippen LogP contribution in [0.2, 0.25) is 0 Å². The third-order valence-electron chi connectivity index (χ3n) is 6.08. The van der Waals surface area contributed by atoms with Gasteiger partial charge in [0.2, 0.25) is 5.91 Å². The van der Waals surface area contributed by atoms with Crippen molar-refractivity contribution in [1.82, 2.24) is 19.3 Å². The summed E-state index contributed by atoms with van der Waals surface area (Å²) in [4.78, 5) is 13.0. The zero-order chi connectivity index (χ0) is 24.5. The highest BCUT2D eigenvalue weighted by Crippen LogP contribution is 2.40. The normalized spacial score (nSPS) is 13.1. The van der Waals surface area contributed by atoms with Crippen LogP contribution in [0.3, 0.4) is 0 Å². The zero-order valence-electron chi connectivity index (χ0n) is 19.3. The number of amides is 1. The average molecular weight is 491 g/mol. The number of halogens is 1. The number of carbonyl (C=O) groups excluding carboxylic acids is 1. The van der Waals surface area contributed by atoms with Crippen LogP contribution in [0.5, 0.6) is 0 Å². The summed E-state index contributed by atoms with van der Waals surface area (Å²) < 4.78 is 22.8. The molecule has 1 fully saturated rings. The Labute approximate surface area is 205 Å². The molecule has 0 unspecified atom stereocenters. The van der Waals surface area contributed by atoms with Crippen LogP contribution in [0.25, 0.3) is 5.69 Å². The fourth-order valence-corrected chi connectivity index (χ4v) is 4.77. The van der Waals surface area contributed by atoms with E-state index in [1.807, 2.05) is 30.5 Å². The molecule has 1 aliphatic rings. The van der Waals surface area contributed by atoms with E-state index in [1.54, 1.807) is 23.0 Å². The van der Waals surface area contributed by atoms with E-state index in [0.29, 0.717) is 34.7 Å². The molecule has 3 heterocycles. The molecule has 0 atom stereocenters. The second-order valence-corrected chi connectivity index (χ2v) is 9.42. The number of benzene rings is 1. The Hall–Kier alpha value is -3.84. The van der Waals surface area contributed by atoms with Crippen LogP contribution in [0.15, 0.2) is 52.2 Å². The van der Waals surface area contributed by atoms with Gasteiger partial charge in [-0.2, -0.15) is 5.26 Å². The molecule has 4 aromatic rings. The number of rotatable bonds is 8. The molecule has 178 valence electrons. The van der Waals surface area contributed by atoms with Gasteiger partial charge in [0.25, 0.3) is 0 Å². The molecule has 0 aliphatic heterocycles. The van der Waals surface area contributed by atoms with Crippen molar-refractivity contribution in [3.8, 4) is 11.8 Å². The number of nitrogens with zero attached hydrogens (tertiary/aromatic N) is 5. The highest BCUT2D eigenvalue weighted by molar-refractivity contribution is 7.99. The van der Waals surface area contributed by atoms with Crippen molar-refractivity contribution in [3.05, 3.63) is 76.9 Å². The van der Waals surface area contributed by atoms with Gasteiger partial charge in [-0.1, -0.05) is 11.8 Å². The lowest BCUT2D eigenvalue weighted by Gasteiger charge is -2.13. The maximum atomic E-state index is 13.5. The molecular formula is C25H23FN6O2S. The minimum Gasteiger partial charge on any atom is -0.467 e. The second kappa shape index (κ2) is 9.43. The number of anilines is 1. The summed E-state index contributed by atoms with van der Waals surface area (Å²) in [5, 5.41) is 22.0. The number of carbonyl (C=O) groups is 1. The van der Waals surface area contributed by atoms with Gasteiger partial charge in [-0.3, -0.25) is 13.9 Å². The maximum Gasteiger partial charge on any atom is 0.236 e. The molecule has 5 rings (SSSR count). The largest absolute Gasteiger partial charge is 0.467 e. The first-order chi connectivity index (χ1) is 17.0. The Morgan fingerprint density at radius 2 is 2.03 bits per heavy atom. The van der Waals surface area contributed by atoms with Crippen molar-refractivity contribution in [3.63, 3.8) is 0 Å². The number of thioether (sulfide) groups is 1. The van der Waals surface area contributed by atoms with Crippen molar-refractivity contribution in [2.45, 2.75) is 44.3 Å². The van der Waals surface area contributed by atoms with Gasteiger partial charge in [0.1, 0.15) is 29.3 Å². The van der Waals surface area contributed by atoms with Gasteiger partial charge in [-0.25, -0.2) is 4.39 Å². The van der Waals surface area contributed by atoms with Crippen molar-refractivity contribution in [2.75, 3.05) is 11.1 Å². The molecule has 1 amide bonds. The Bertz CT molecular complexity index is 1410. The lowest BCUT2D eigenvalue weighted by Crippen LogP contribution is -2.18. The summed E-state index contributed by atoms with van der Waals surface area (Å²) in [6.45, 7) is 4.19. The molecule has 0 saturated heterocycles. The van der Waals surface area contributed by atoms with Crippen LogP contribution in [-0.4, -0.2) is 31.0 Å². The van der Waals surface area contributed by atoms with Crippen molar-refractivity contribution in [2.24, 2.45) is 0 Å². The predicted octanol–water partition coefficient (Wildman–Crippen LogP) is 4.95. The number of nitriles is 1. The summed E-state index contributed by atoms with van der Waals surface area (Å²) in [6.07, 6.45) is 3.79. The lowest BCUT2D eigenvalue weighted by molar-refractivity contribution is -0.113. The Balaban J connectivity index is 1.37. The van der Waals surface area contributed by atoms with Crippen LogP contribution in [0.1, 0.15) is 47.2 Å². The topological polar surface area (TPSA) is 102 Å². The maximum absolute atomic E-state index is 13.5. The van der Waals surface area contributed by atoms with Gasteiger partial charge in [-0.15, -0.1) is 10.2 Å². The van der Waals surface area contributed by atoms with Gasteiger partial charge >= 0.3 is 0 Å². The number of aromatic nitrogens is 4. The average Bonchev–Trinajstić information content (AvgIpc) is 3.32. The van der Waals surface area contributed by atoms with Crippen LogP contribution in [0.4, 0.5) is 10.2 Å². The van der Waals surface area contributed by atoms with E-state index in [1.165, 1.54) is 23.9 Å². The summed E-state index contributed by atoms with van der Waals surface area (Å²) in [6, 6.07) is 11.9. The van der Waals surface area contributed by atoms with Crippen molar-refractivity contribution in [1.29, 1.82) is 5.26 Å². The first-order valence-electron chi connectivity index (χ1n) is 11.2. The van der Waals surface area contributed by atoms with Crippen LogP contribution in [0, 0.1) is 31.0 Å². The third-order valence-corrected chi connectivity index (χ3v) is 7.05. The van der Waals surface area contributed by atoms with Crippen LogP contribution >= 0.6 is 11.8 Å². The molecule has 0 radical (unpaired) electrons. The first kappa shape index (κ1) is 22.9. The molecule has 1 saturated carbocycles. The monoisotopic (exact) mass is 490 g/mol. The fraction of sp³-hybridized carbons (Fsp3) is 0.280. The van der Waals surface area contributed by atoms with Gasteiger partial charge in [0.05, 0.1) is 24.1 Å². The Morgan fingerprint density at radius 3 is 2.69 bits per heavy atom. The molecule has 35 heavy (non-hydrogen) atoms. The standard InChI is InChI=1S/C25H23FN6O2S/c1-15-16(2)32(19-9-7-18(26)8-10-19)24(21(15)12-27)28-22(33)14-35-25-30-29-23(17-5-6-17)31(25)13-20-4-3-11-34-20/h3-4,7-11,17H,5-6,13-14H2,1-2H3,(H,28,33). The molecular weight excluding hydrogens is 467 g/mol. The molecule has 1 aliphatic carbocycles. The summed E-state index contributed by atoms with van der Waals surface area (Å²) in [7, 11) is 0. The van der Waals surface area contributed by atoms with Gasteiger partial charge in [-0.05, 0) is 68.7 Å².